The van der Waals surface area contributed by atoms with Crippen molar-refractivity contribution in [2.24, 2.45) is 5.92 Å². The number of ether oxygens (including phenoxy) is 1. The monoisotopic (exact) mass is 332 g/mol. The van der Waals surface area contributed by atoms with Crippen molar-refractivity contribution in [1.29, 1.82) is 0 Å². The van der Waals surface area contributed by atoms with Gasteiger partial charge in [-0.05, 0) is 57.2 Å². The summed E-state index contributed by atoms with van der Waals surface area (Å²) in [6, 6.07) is 3.33. The normalized spacial score (nSPS) is 20.8. The number of amides is 1. The highest BCUT2D eigenvalue weighted by Crippen LogP contribution is 2.47. The van der Waals surface area contributed by atoms with Gasteiger partial charge in [-0.3, -0.25) is 9.78 Å². The Morgan fingerprint density at radius 3 is 2.79 bits per heavy atom. The number of nitrogens with zero attached hydrogens (tertiary/aromatic N) is 1. The van der Waals surface area contributed by atoms with Gasteiger partial charge in [0, 0.05) is 6.20 Å². The van der Waals surface area contributed by atoms with Gasteiger partial charge in [0.25, 0.3) is 0 Å². The molecule has 6 heteroatoms. The number of aliphatic carboxylic acids is 1. The molecule has 1 aliphatic rings. The number of alkyl carbamates (subject to hydrolysis) is 1. The molecule has 1 heterocycles. The Balaban J connectivity index is 2.12. The number of carboxylic acids is 1. The second kappa shape index (κ2) is 7.03. The minimum absolute atomic E-state index is 0.0233. The van der Waals surface area contributed by atoms with E-state index in [0.717, 1.165) is 5.56 Å². The standard InChI is InChI=1S/C18H24N2O4/c1-5-6-14(20-17(23)24-18(2,3)4)15-9-11(7-8-19-15)12-10-13(12)16(21)22/h5,7-9,12-14H,1,6,10H2,2-4H3,(H,20,23)(H,21,22)/t12-,13-,14-/m0/s1. The van der Waals surface area contributed by atoms with E-state index in [1.54, 1.807) is 33.0 Å². The molecule has 6 nitrogen and oxygen atoms in total. The van der Waals surface area contributed by atoms with Gasteiger partial charge in [-0.1, -0.05) is 6.08 Å². The van der Waals surface area contributed by atoms with Crippen LogP contribution in [0.25, 0.3) is 0 Å². The smallest absolute Gasteiger partial charge is 0.408 e. The maximum absolute atomic E-state index is 12.0. The number of carbonyl (C=O) groups is 2. The lowest BCUT2D eigenvalue weighted by Crippen LogP contribution is -2.35. The molecule has 0 saturated heterocycles. The quantitative estimate of drug-likeness (QED) is 0.779. The predicted molar refractivity (Wildman–Crippen MR) is 89.6 cm³/mol. The zero-order valence-electron chi connectivity index (χ0n) is 14.3. The predicted octanol–water partition coefficient (Wildman–Crippen LogP) is 3.41. The van der Waals surface area contributed by atoms with Gasteiger partial charge in [-0.2, -0.15) is 0 Å². The van der Waals surface area contributed by atoms with Crippen molar-refractivity contribution in [2.45, 2.75) is 51.2 Å². The minimum Gasteiger partial charge on any atom is -0.481 e. The first-order valence-electron chi connectivity index (χ1n) is 8.00. The van der Waals surface area contributed by atoms with E-state index in [-0.39, 0.29) is 17.9 Å². The second-order valence-electron chi connectivity index (χ2n) is 7.02. The Morgan fingerprint density at radius 2 is 2.25 bits per heavy atom. The van der Waals surface area contributed by atoms with Crippen LogP contribution in [0.2, 0.25) is 0 Å². The summed E-state index contributed by atoms with van der Waals surface area (Å²) >= 11 is 0. The molecule has 24 heavy (non-hydrogen) atoms. The van der Waals surface area contributed by atoms with Crippen LogP contribution in [0, 0.1) is 5.92 Å². The molecule has 0 aliphatic heterocycles. The molecule has 1 fully saturated rings. The SMILES string of the molecule is C=CC[C@H](NC(=O)OC(C)(C)C)c1cc([C@@H]2C[C@@H]2C(=O)O)ccn1. The van der Waals surface area contributed by atoms with Crippen molar-refractivity contribution in [3.05, 3.63) is 42.2 Å². The van der Waals surface area contributed by atoms with E-state index in [2.05, 4.69) is 16.9 Å². The van der Waals surface area contributed by atoms with Crippen LogP contribution in [0.4, 0.5) is 4.79 Å². The van der Waals surface area contributed by atoms with Crippen molar-refractivity contribution in [2.75, 3.05) is 0 Å². The molecule has 1 aromatic heterocycles. The van der Waals surface area contributed by atoms with E-state index in [1.165, 1.54) is 0 Å². The molecule has 130 valence electrons. The first-order valence-corrected chi connectivity index (χ1v) is 8.00. The van der Waals surface area contributed by atoms with E-state index >= 15 is 0 Å². The van der Waals surface area contributed by atoms with Crippen LogP contribution in [-0.4, -0.2) is 27.8 Å². The third-order valence-corrected chi connectivity index (χ3v) is 3.79. The van der Waals surface area contributed by atoms with Gasteiger partial charge in [-0.25, -0.2) is 4.79 Å². The summed E-state index contributed by atoms with van der Waals surface area (Å²) in [5.74, 6) is -1.07. The zero-order valence-corrected chi connectivity index (χ0v) is 14.3. The van der Waals surface area contributed by atoms with Crippen LogP contribution >= 0.6 is 0 Å². The number of hydrogen-bond donors (Lipinski definition) is 2. The maximum Gasteiger partial charge on any atom is 0.408 e. The fraction of sp³-hybridized carbons (Fsp3) is 0.500. The average Bonchev–Trinajstić information content (AvgIpc) is 3.25. The molecule has 2 rings (SSSR count). The average molecular weight is 332 g/mol. The number of carbonyl (C=O) groups excluding carboxylic acids is 1. The van der Waals surface area contributed by atoms with Crippen LogP contribution in [-0.2, 0) is 9.53 Å². The van der Waals surface area contributed by atoms with E-state index in [0.29, 0.717) is 18.5 Å². The van der Waals surface area contributed by atoms with Gasteiger partial charge in [0.05, 0.1) is 17.7 Å². The lowest BCUT2D eigenvalue weighted by molar-refractivity contribution is -0.138. The summed E-state index contributed by atoms with van der Waals surface area (Å²) in [4.78, 5) is 27.4. The molecule has 0 radical (unpaired) electrons. The van der Waals surface area contributed by atoms with Gasteiger partial charge in [-0.15, -0.1) is 6.58 Å². The highest BCUT2D eigenvalue weighted by molar-refractivity contribution is 5.75. The van der Waals surface area contributed by atoms with Crippen molar-refractivity contribution >= 4 is 12.1 Å². The van der Waals surface area contributed by atoms with Crippen molar-refractivity contribution < 1.29 is 19.4 Å². The molecular weight excluding hydrogens is 308 g/mol. The Labute approximate surface area is 141 Å². The number of pyridine rings is 1. The molecule has 1 aliphatic carbocycles. The molecular formula is C18H24N2O4. The van der Waals surface area contributed by atoms with Crippen LogP contribution in [0.15, 0.2) is 31.0 Å². The topological polar surface area (TPSA) is 88.5 Å². The van der Waals surface area contributed by atoms with E-state index in [9.17, 15) is 9.59 Å². The summed E-state index contributed by atoms with van der Waals surface area (Å²) in [6.45, 7) is 9.11. The Hall–Kier alpha value is -2.37. The van der Waals surface area contributed by atoms with E-state index in [4.69, 9.17) is 9.84 Å². The fourth-order valence-corrected chi connectivity index (χ4v) is 2.59. The third-order valence-electron chi connectivity index (χ3n) is 3.79. The number of aromatic nitrogens is 1. The lowest BCUT2D eigenvalue weighted by atomic mass is 10.0. The van der Waals surface area contributed by atoms with Crippen molar-refractivity contribution in [3.63, 3.8) is 0 Å². The van der Waals surface area contributed by atoms with Crippen LogP contribution in [0.3, 0.4) is 0 Å². The van der Waals surface area contributed by atoms with Crippen LogP contribution in [0.1, 0.15) is 56.8 Å². The van der Waals surface area contributed by atoms with Gasteiger partial charge in [0.15, 0.2) is 0 Å². The van der Waals surface area contributed by atoms with Crippen LogP contribution in [0.5, 0.6) is 0 Å². The Bertz CT molecular complexity index is 636. The van der Waals surface area contributed by atoms with Crippen molar-refractivity contribution in [1.82, 2.24) is 10.3 Å². The third kappa shape index (κ3) is 4.81. The van der Waals surface area contributed by atoms with Gasteiger partial charge < -0.3 is 15.2 Å². The Morgan fingerprint density at radius 1 is 1.54 bits per heavy atom. The molecule has 0 spiro atoms. The summed E-state index contributed by atoms with van der Waals surface area (Å²) in [5.41, 5.74) is 1.03. The second-order valence-corrected chi connectivity index (χ2v) is 7.02. The maximum atomic E-state index is 12.0. The summed E-state index contributed by atoms with van der Waals surface area (Å²) in [5, 5.41) is 11.9. The van der Waals surface area contributed by atoms with E-state index < -0.39 is 17.7 Å². The number of carboxylic acid groups (broad SMARTS) is 1. The van der Waals surface area contributed by atoms with Crippen LogP contribution < -0.4 is 5.32 Å². The summed E-state index contributed by atoms with van der Waals surface area (Å²) in [7, 11) is 0. The summed E-state index contributed by atoms with van der Waals surface area (Å²) < 4.78 is 5.28. The largest absolute Gasteiger partial charge is 0.481 e. The summed E-state index contributed by atoms with van der Waals surface area (Å²) in [6.07, 6.45) is 3.98. The molecule has 0 aromatic carbocycles. The lowest BCUT2D eigenvalue weighted by Gasteiger charge is -2.23. The highest BCUT2D eigenvalue weighted by atomic mass is 16.6. The molecule has 3 atom stereocenters. The number of rotatable bonds is 6. The van der Waals surface area contributed by atoms with E-state index in [1.807, 2.05) is 12.1 Å². The fourth-order valence-electron chi connectivity index (χ4n) is 2.59. The Kier molecular flexibility index (Phi) is 5.26. The van der Waals surface area contributed by atoms with Gasteiger partial charge in [0.1, 0.15) is 5.60 Å². The molecule has 1 aromatic rings. The van der Waals surface area contributed by atoms with Gasteiger partial charge in [0.2, 0.25) is 0 Å². The minimum atomic E-state index is -0.770. The zero-order chi connectivity index (χ0) is 17.9. The first kappa shape index (κ1) is 18.0. The molecule has 1 saturated carbocycles. The molecule has 1 amide bonds. The molecule has 0 unspecified atom stereocenters. The number of hydrogen-bond acceptors (Lipinski definition) is 4. The molecule has 0 bridgehead atoms. The molecule has 2 N–H and O–H groups in total. The van der Waals surface area contributed by atoms with Crippen molar-refractivity contribution in [3.8, 4) is 0 Å². The highest BCUT2D eigenvalue weighted by Gasteiger charge is 2.44. The first-order chi connectivity index (χ1) is 11.2. The number of nitrogens with one attached hydrogen (secondary N) is 1. The van der Waals surface area contributed by atoms with Gasteiger partial charge >= 0.3 is 12.1 Å².